The second-order valence-corrected chi connectivity index (χ2v) is 4.30. The molecule has 2 N–H and O–H groups in total. The topological polar surface area (TPSA) is 64.9 Å². The number of likely N-dealkylation sites (tertiary alicyclic amines) is 1. The Labute approximate surface area is 106 Å². The second-order valence-electron chi connectivity index (χ2n) is 4.30. The highest BCUT2D eigenvalue weighted by Crippen LogP contribution is 2.07. The van der Waals surface area contributed by atoms with Gasteiger partial charge in [0.15, 0.2) is 0 Å². The van der Waals surface area contributed by atoms with Crippen molar-refractivity contribution in [1.29, 1.82) is 0 Å². The molecule has 5 nitrogen and oxygen atoms in total. The molecule has 2 amide bonds. The summed E-state index contributed by atoms with van der Waals surface area (Å²) in [7, 11) is 0. The number of hydrogen-bond acceptors (Lipinski definition) is 3. The van der Waals surface area contributed by atoms with E-state index in [1.54, 1.807) is 4.90 Å². The summed E-state index contributed by atoms with van der Waals surface area (Å²) >= 11 is 0. The van der Waals surface area contributed by atoms with Crippen LogP contribution in [0.5, 0.6) is 0 Å². The fraction of sp³-hybridized carbons (Fsp3) is 0.385. The van der Waals surface area contributed by atoms with E-state index in [9.17, 15) is 4.79 Å². The van der Waals surface area contributed by atoms with Gasteiger partial charge in [-0.15, -0.1) is 0 Å². The average Bonchev–Trinajstić information content (AvgIpc) is 2.46. The van der Waals surface area contributed by atoms with Crippen molar-refractivity contribution in [3.8, 4) is 0 Å². The van der Waals surface area contributed by atoms with Crippen LogP contribution < -0.4 is 5.32 Å². The molecule has 1 heterocycles. The van der Waals surface area contributed by atoms with E-state index in [2.05, 4.69) is 10.5 Å². The number of urea groups is 1. The van der Waals surface area contributed by atoms with E-state index >= 15 is 0 Å². The number of amides is 2. The normalized spacial score (nSPS) is 15.3. The highest BCUT2D eigenvalue weighted by atomic mass is 16.4. The Balaban J connectivity index is 1.79. The van der Waals surface area contributed by atoms with Crippen molar-refractivity contribution in [2.24, 2.45) is 5.16 Å². The Hall–Kier alpha value is -2.04. The van der Waals surface area contributed by atoms with E-state index in [0.717, 1.165) is 11.3 Å². The lowest BCUT2D eigenvalue weighted by Gasteiger charge is -2.27. The first-order valence-electron chi connectivity index (χ1n) is 6.06. The lowest BCUT2D eigenvalue weighted by Crippen LogP contribution is -2.44. The van der Waals surface area contributed by atoms with Gasteiger partial charge in [-0.3, -0.25) is 0 Å². The first-order valence-corrected chi connectivity index (χ1v) is 6.06. The third kappa shape index (κ3) is 3.23. The van der Waals surface area contributed by atoms with Crippen molar-refractivity contribution in [3.63, 3.8) is 0 Å². The molecule has 2 rings (SSSR count). The fourth-order valence-corrected chi connectivity index (χ4v) is 1.95. The summed E-state index contributed by atoms with van der Waals surface area (Å²) < 4.78 is 0. The Morgan fingerprint density at radius 2 is 1.94 bits per heavy atom. The van der Waals surface area contributed by atoms with Gasteiger partial charge in [0.05, 0.1) is 5.71 Å². The van der Waals surface area contributed by atoms with E-state index in [4.69, 9.17) is 5.21 Å². The zero-order valence-corrected chi connectivity index (χ0v) is 10.2. The van der Waals surface area contributed by atoms with Crippen LogP contribution in [0.25, 0.3) is 0 Å². The highest BCUT2D eigenvalue weighted by Gasteiger charge is 2.19. The Morgan fingerprint density at radius 3 is 2.56 bits per heavy atom. The van der Waals surface area contributed by atoms with Gasteiger partial charge in [-0.2, -0.15) is 0 Å². The van der Waals surface area contributed by atoms with E-state index in [1.165, 1.54) is 0 Å². The maximum atomic E-state index is 11.9. The minimum Gasteiger partial charge on any atom is -0.411 e. The highest BCUT2D eigenvalue weighted by molar-refractivity contribution is 5.86. The fourth-order valence-electron chi connectivity index (χ4n) is 1.95. The molecule has 0 atom stereocenters. The molecule has 0 bridgehead atoms. The van der Waals surface area contributed by atoms with Gasteiger partial charge in [0.1, 0.15) is 0 Å². The average molecular weight is 247 g/mol. The standard InChI is InChI=1S/C13H17N3O2/c17-13(14-10-11-4-2-1-3-5-11)16-8-6-12(15-18)7-9-16/h1-5,18H,6-10H2,(H,14,17). The molecule has 0 aliphatic carbocycles. The zero-order valence-electron chi connectivity index (χ0n) is 10.2. The third-order valence-corrected chi connectivity index (χ3v) is 3.06. The molecule has 1 aromatic rings. The summed E-state index contributed by atoms with van der Waals surface area (Å²) in [6, 6.07) is 9.75. The van der Waals surface area contributed by atoms with E-state index in [-0.39, 0.29) is 6.03 Å². The molecule has 96 valence electrons. The lowest BCUT2D eigenvalue weighted by molar-refractivity contribution is 0.196. The van der Waals surface area contributed by atoms with Crippen LogP contribution >= 0.6 is 0 Å². The molecule has 0 spiro atoms. The second kappa shape index (κ2) is 6.05. The van der Waals surface area contributed by atoms with Crippen molar-refractivity contribution in [2.45, 2.75) is 19.4 Å². The monoisotopic (exact) mass is 247 g/mol. The number of hydrogen-bond donors (Lipinski definition) is 2. The van der Waals surface area contributed by atoms with E-state index in [0.29, 0.717) is 32.5 Å². The number of rotatable bonds is 2. The van der Waals surface area contributed by atoms with E-state index in [1.807, 2.05) is 30.3 Å². The van der Waals surface area contributed by atoms with Crippen LogP contribution in [-0.2, 0) is 6.54 Å². The number of piperidine rings is 1. The summed E-state index contributed by atoms with van der Waals surface area (Å²) in [5, 5.41) is 14.7. The Bertz CT molecular complexity index is 421. The summed E-state index contributed by atoms with van der Waals surface area (Å²) in [4.78, 5) is 13.6. The number of oxime groups is 1. The van der Waals surface area contributed by atoms with Crippen molar-refractivity contribution >= 4 is 11.7 Å². The molecule has 1 aliphatic rings. The van der Waals surface area contributed by atoms with Gasteiger partial charge in [0, 0.05) is 32.5 Å². The Kier molecular flexibility index (Phi) is 4.17. The molecule has 1 saturated heterocycles. The van der Waals surface area contributed by atoms with Crippen LogP contribution in [0, 0.1) is 0 Å². The number of carbonyl (C=O) groups is 1. The molecule has 0 saturated carbocycles. The van der Waals surface area contributed by atoms with Crippen LogP contribution in [0.2, 0.25) is 0 Å². The number of benzene rings is 1. The quantitative estimate of drug-likeness (QED) is 0.618. The molecular weight excluding hydrogens is 230 g/mol. The van der Waals surface area contributed by atoms with Crippen molar-refractivity contribution < 1.29 is 10.0 Å². The molecule has 0 unspecified atom stereocenters. The van der Waals surface area contributed by atoms with Gasteiger partial charge in [-0.25, -0.2) is 4.79 Å². The molecule has 0 radical (unpaired) electrons. The smallest absolute Gasteiger partial charge is 0.317 e. The molecule has 1 aliphatic heterocycles. The van der Waals surface area contributed by atoms with Gasteiger partial charge in [-0.1, -0.05) is 35.5 Å². The minimum absolute atomic E-state index is 0.0594. The van der Waals surface area contributed by atoms with Crippen molar-refractivity contribution in [2.75, 3.05) is 13.1 Å². The van der Waals surface area contributed by atoms with Gasteiger partial charge in [-0.05, 0) is 5.56 Å². The molecule has 18 heavy (non-hydrogen) atoms. The number of carbonyl (C=O) groups excluding carboxylic acids is 1. The van der Waals surface area contributed by atoms with Gasteiger partial charge >= 0.3 is 6.03 Å². The van der Waals surface area contributed by atoms with Gasteiger partial charge < -0.3 is 15.4 Å². The molecule has 0 aromatic heterocycles. The SMILES string of the molecule is O=C(NCc1ccccc1)N1CCC(=NO)CC1. The van der Waals surface area contributed by atoms with Crippen LogP contribution in [0.3, 0.4) is 0 Å². The molecular formula is C13H17N3O2. The summed E-state index contributed by atoms with van der Waals surface area (Å²) in [5.41, 5.74) is 1.85. The summed E-state index contributed by atoms with van der Waals surface area (Å²) in [5.74, 6) is 0. The molecule has 1 fully saturated rings. The molecule has 5 heteroatoms. The van der Waals surface area contributed by atoms with Gasteiger partial charge in [0.2, 0.25) is 0 Å². The predicted molar refractivity (Wildman–Crippen MR) is 68.7 cm³/mol. The minimum atomic E-state index is -0.0594. The first kappa shape index (κ1) is 12.4. The number of nitrogens with one attached hydrogen (secondary N) is 1. The predicted octanol–water partition coefficient (Wildman–Crippen LogP) is 1.82. The third-order valence-electron chi connectivity index (χ3n) is 3.06. The molecule has 1 aromatic carbocycles. The summed E-state index contributed by atoms with van der Waals surface area (Å²) in [6.07, 6.45) is 1.30. The van der Waals surface area contributed by atoms with Crippen molar-refractivity contribution in [3.05, 3.63) is 35.9 Å². The lowest BCUT2D eigenvalue weighted by atomic mass is 10.1. The van der Waals surface area contributed by atoms with Crippen LogP contribution in [0.15, 0.2) is 35.5 Å². The van der Waals surface area contributed by atoms with Gasteiger partial charge in [0.25, 0.3) is 0 Å². The van der Waals surface area contributed by atoms with Crippen LogP contribution in [-0.4, -0.2) is 34.9 Å². The first-order chi connectivity index (χ1) is 8.79. The van der Waals surface area contributed by atoms with Crippen molar-refractivity contribution in [1.82, 2.24) is 10.2 Å². The van der Waals surface area contributed by atoms with E-state index < -0.39 is 0 Å². The largest absolute Gasteiger partial charge is 0.411 e. The zero-order chi connectivity index (χ0) is 12.8. The Morgan fingerprint density at radius 1 is 1.28 bits per heavy atom. The maximum Gasteiger partial charge on any atom is 0.317 e. The number of nitrogens with zero attached hydrogens (tertiary/aromatic N) is 2. The van der Waals surface area contributed by atoms with Crippen LogP contribution in [0.4, 0.5) is 4.79 Å². The maximum absolute atomic E-state index is 11.9. The van der Waals surface area contributed by atoms with Crippen LogP contribution in [0.1, 0.15) is 18.4 Å². The summed E-state index contributed by atoms with van der Waals surface area (Å²) in [6.45, 7) is 1.76.